The Balaban J connectivity index is 3.70. The van der Waals surface area contributed by atoms with E-state index in [1.165, 1.54) is 6.92 Å². The van der Waals surface area contributed by atoms with Crippen molar-refractivity contribution in [1.29, 1.82) is 0 Å². The van der Waals surface area contributed by atoms with E-state index >= 15 is 0 Å². The molecule has 0 rings (SSSR count). The Labute approximate surface area is 47.3 Å². The van der Waals surface area contributed by atoms with Crippen molar-refractivity contribution in [3.05, 3.63) is 0 Å². The molecule has 1 atom stereocenters. The third-order valence-corrected chi connectivity index (χ3v) is 0.750. The standard InChI is InChI=1S/C5H8O3/c1-5(8,4-7)2-3-6/h3-4,8H,2H2,1H3. The molecule has 0 amide bonds. The predicted octanol–water partition coefficient (Wildman–Crippen LogP) is -0.475. The number of hydrogen-bond acceptors (Lipinski definition) is 3. The lowest BCUT2D eigenvalue weighted by atomic mass is 10.1. The first kappa shape index (κ1) is 7.30. The molecule has 3 nitrogen and oxygen atoms in total. The molecule has 1 unspecified atom stereocenters. The number of aliphatic hydroxyl groups is 1. The van der Waals surface area contributed by atoms with Crippen LogP contribution in [0.2, 0.25) is 0 Å². The Morgan fingerprint density at radius 2 is 2.12 bits per heavy atom. The molecule has 0 heterocycles. The monoisotopic (exact) mass is 116 g/mol. The van der Waals surface area contributed by atoms with Crippen LogP contribution in [0.25, 0.3) is 0 Å². The second-order valence-corrected chi connectivity index (χ2v) is 1.85. The summed E-state index contributed by atoms with van der Waals surface area (Å²) in [5.74, 6) is 0. The molecule has 0 fully saturated rings. The predicted molar refractivity (Wildman–Crippen MR) is 27.4 cm³/mol. The molecule has 0 saturated heterocycles. The molecule has 0 spiro atoms. The van der Waals surface area contributed by atoms with Gasteiger partial charge in [0.15, 0.2) is 6.29 Å². The topological polar surface area (TPSA) is 54.4 Å². The summed E-state index contributed by atoms with van der Waals surface area (Å²) in [5.41, 5.74) is -1.46. The lowest BCUT2D eigenvalue weighted by molar-refractivity contribution is -0.126. The minimum Gasteiger partial charge on any atom is -0.382 e. The average Bonchev–Trinajstić information content (AvgIpc) is 1.67. The maximum absolute atomic E-state index is 9.81. The van der Waals surface area contributed by atoms with E-state index in [2.05, 4.69) is 0 Å². The van der Waals surface area contributed by atoms with Gasteiger partial charge in [-0.25, -0.2) is 0 Å². The van der Waals surface area contributed by atoms with Crippen LogP contribution in [0.15, 0.2) is 0 Å². The molecule has 3 heteroatoms. The fraction of sp³-hybridized carbons (Fsp3) is 0.600. The van der Waals surface area contributed by atoms with Gasteiger partial charge in [0.05, 0.1) is 0 Å². The van der Waals surface area contributed by atoms with Crippen LogP contribution < -0.4 is 0 Å². The molecule has 0 aliphatic carbocycles. The molecule has 0 aromatic carbocycles. The second kappa shape index (κ2) is 2.57. The van der Waals surface area contributed by atoms with E-state index in [4.69, 9.17) is 5.11 Å². The molecule has 46 valence electrons. The lowest BCUT2D eigenvalue weighted by Gasteiger charge is -2.08. The van der Waals surface area contributed by atoms with Gasteiger partial charge in [-0.3, -0.25) is 0 Å². The number of hydrogen-bond donors (Lipinski definition) is 1. The van der Waals surface area contributed by atoms with Gasteiger partial charge in [0.1, 0.15) is 11.9 Å². The lowest BCUT2D eigenvalue weighted by Crippen LogP contribution is -2.25. The highest BCUT2D eigenvalue weighted by molar-refractivity contribution is 5.68. The summed E-state index contributed by atoms with van der Waals surface area (Å²) >= 11 is 0. The van der Waals surface area contributed by atoms with Crippen molar-refractivity contribution in [1.82, 2.24) is 0 Å². The first-order chi connectivity index (χ1) is 3.62. The van der Waals surface area contributed by atoms with Crippen molar-refractivity contribution in [2.24, 2.45) is 0 Å². The summed E-state index contributed by atoms with van der Waals surface area (Å²) in [6.45, 7) is 1.29. The van der Waals surface area contributed by atoms with Crippen molar-refractivity contribution in [2.75, 3.05) is 0 Å². The molecule has 0 aliphatic rings. The smallest absolute Gasteiger partial charge is 0.151 e. The van der Waals surface area contributed by atoms with E-state index in [9.17, 15) is 9.59 Å². The average molecular weight is 116 g/mol. The van der Waals surface area contributed by atoms with Crippen molar-refractivity contribution in [3.8, 4) is 0 Å². The third kappa shape index (κ3) is 2.47. The highest BCUT2D eigenvalue weighted by atomic mass is 16.3. The van der Waals surface area contributed by atoms with Crippen LogP contribution in [0.5, 0.6) is 0 Å². The summed E-state index contributed by atoms with van der Waals surface area (Å²) in [7, 11) is 0. The van der Waals surface area contributed by atoms with Crippen LogP contribution in [0, 0.1) is 0 Å². The Kier molecular flexibility index (Phi) is 2.34. The number of carbonyl (C=O) groups is 2. The molecule has 0 aromatic heterocycles. The first-order valence-electron chi connectivity index (χ1n) is 2.25. The Morgan fingerprint density at radius 1 is 1.62 bits per heavy atom. The van der Waals surface area contributed by atoms with Crippen LogP contribution in [0.1, 0.15) is 13.3 Å². The Morgan fingerprint density at radius 3 is 2.25 bits per heavy atom. The van der Waals surface area contributed by atoms with Gasteiger partial charge in [0.2, 0.25) is 0 Å². The zero-order valence-corrected chi connectivity index (χ0v) is 4.63. The summed E-state index contributed by atoms with van der Waals surface area (Å²) in [6, 6.07) is 0. The van der Waals surface area contributed by atoms with E-state index in [0.29, 0.717) is 12.6 Å². The second-order valence-electron chi connectivity index (χ2n) is 1.85. The van der Waals surface area contributed by atoms with Gasteiger partial charge in [-0.1, -0.05) is 0 Å². The molecule has 0 saturated carbocycles. The van der Waals surface area contributed by atoms with Crippen LogP contribution in [0.3, 0.4) is 0 Å². The Hall–Kier alpha value is -0.700. The molecule has 0 radical (unpaired) electrons. The van der Waals surface area contributed by atoms with Gasteiger partial charge in [0.25, 0.3) is 0 Å². The van der Waals surface area contributed by atoms with E-state index in [0.717, 1.165) is 0 Å². The third-order valence-electron chi connectivity index (χ3n) is 0.750. The van der Waals surface area contributed by atoms with Gasteiger partial charge in [-0.05, 0) is 6.92 Å². The first-order valence-corrected chi connectivity index (χ1v) is 2.25. The number of rotatable bonds is 3. The molecular weight excluding hydrogens is 108 g/mol. The van der Waals surface area contributed by atoms with Gasteiger partial charge >= 0.3 is 0 Å². The molecule has 8 heavy (non-hydrogen) atoms. The van der Waals surface area contributed by atoms with E-state index in [1.807, 2.05) is 0 Å². The molecule has 0 bridgehead atoms. The summed E-state index contributed by atoms with van der Waals surface area (Å²) in [5, 5.41) is 8.72. The largest absolute Gasteiger partial charge is 0.382 e. The maximum Gasteiger partial charge on any atom is 0.151 e. The molecule has 1 N–H and O–H groups in total. The minimum absolute atomic E-state index is 0.128. The van der Waals surface area contributed by atoms with Crippen LogP contribution in [-0.4, -0.2) is 23.3 Å². The number of aldehydes is 2. The minimum atomic E-state index is -1.46. The van der Waals surface area contributed by atoms with Crippen LogP contribution in [-0.2, 0) is 9.59 Å². The quantitative estimate of drug-likeness (QED) is 0.507. The summed E-state index contributed by atoms with van der Waals surface area (Å²) < 4.78 is 0. The van der Waals surface area contributed by atoms with Crippen LogP contribution in [0.4, 0.5) is 0 Å². The van der Waals surface area contributed by atoms with Gasteiger partial charge < -0.3 is 14.7 Å². The van der Waals surface area contributed by atoms with Crippen LogP contribution >= 0.6 is 0 Å². The van der Waals surface area contributed by atoms with E-state index in [-0.39, 0.29) is 6.42 Å². The highest BCUT2D eigenvalue weighted by Crippen LogP contribution is 2.00. The van der Waals surface area contributed by atoms with Crippen molar-refractivity contribution in [3.63, 3.8) is 0 Å². The fourth-order valence-electron chi connectivity index (χ4n) is 0.217. The molecule has 0 aliphatic heterocycles. The summed E-state index contributed by atoms with van der Waals surface area (Å²) in [4.78, 5) is 19.5. The van der Waals surface area contributed by atoms with E-state index in [1.54, 1.807) is 0 Å². The highest BCUT2D eigenvalue weighted by Gasteiger charge is 2.16. The van der Waals surface area contributed by atoms with Crippen molar-refractivity contribution >= 4 is 12.6 Å². The maximum atomic E-state index is 9.81. The fourth-order valence-corrected chi connectivity index (χ4v) is 0.217. The Bertz CT molecular complexity index is 95.8. The normalized spacial score (nSPS) is 16.8. The van der Waals surface area contributed by atoms with Gasteiger partial charge in [-0.2, -0.15) is 0 Å². The van der Waals surface area contributed by atoms with Crippen molar-refractivity contribution in [2.45, 2.75) is 18.9 Å². The SMILES string of the molecule is CC(O)(C=O)CC=O. The van der Waals surface area contributed by atoms with Gasteiger partial charge in [0, 0.05) is 6.42 Å². The summed E-state index contributed by atoms with van der Waals surface area (Å²) in [6.07, 6.45) is 0.728. The molecule has 0 aromatic rings. The van der Waals surface area contributed by atoms with E-state index < -0.39 is 5.60 Å². The number of carbonyl (C=O) groups excluding carboxylic acids is 2. The zero-order valence-electron chi connectivity index (χ0n) is 4.63. The molecular formula is C5H8O3. The van der Waals surface area contributed by atoms with Gasteiger partial charge in [-0.15, -0.1) is 0 Å². The van der Waals surface area contributed by atoms with Crippen molar-refractivity contribution < 1.29 is 14.7 Å². The zero-order chi connectivity index (χ0) is 6.62.